The van der Waals surface area contributed by atoms with Crippen LogP contribution in [-0.4, -0.2) is 4.98 Å². The highest BCUT2D eigenvalue weighted by atomic mass is 19.4. The van der Waals surface area contributed by atoms with Gasteiger partial charge in [0.2, 0.25) is 0 Å². The smallest absolute Gasteiger partial charge is 0.322 e. The van der Waals surface area contributed by atoms with Crippen LogP contribution >= 0.6 is 0 Å². The van der Waals surface area contributed by atoms with E-state index in [0.717, 1.165) is 17.8 Å². The van der Waals surface area contributed by atoms with Crippen molar-refractivity contribution in [3.8, 4) is 0 Å². The summed E-state index contributed by atoms with van der Waals surface area (Å²) in [5.74, 6) is -0.352. The number of rotatable bonds is 3. The maximum absolute atomic E-state index is 12.8. The van der Waals surface area contributed by atoms with Gasteiger partial charge >= 0.3 is 6.18 Å². The summed E-state index contributed by atoms with van der Waals surface area (Å²) in [5.41, 5.74) is 6.23. The SMILES string of the molecule is NC(Cc1ccc(F)cc1)c1ccc(C(F)(F)F)cn1. The van der Waals surface area contributed by atoms with E-state index in [0.29, 0.717) is 12.1 Å². The molecule has 1 atom stereocenters. The molecule has 0 saturated carbocycles. The molecule has 1 aromatic heterocycles. The number of aromatic nitrogens is 1. The Morgan fingerprint density at radius 3 is 2.20 bits per heavy atom. The Hall–Kier alpha value is -1.95. The zero-order valence-electron chi connectivity index (χ0n) is 10.4. The molecule has 2 N–H and O–H groups in total. The average molecular weight is 284 g/mol. The molecule has 0 fully saturated rings. The van der Waals surface area contributed by atoms with E-state index < -0.39 is 17.8 Å². The van der Waals surface area contributed by atoms with E-state index in [1.165, 1.54) is 18.2 Å². The van der Waals surface area contributed by atoms with Crippen molar-refractivity contribution in [3.63, 3.8) is 0 Å². The number of nitrogens with two attached hydrogens (primary N) is 1. The number of benzene rings is 1. The van der Waals surface area contributed by atoms with Crippen LogP contribution in [0.2, 0.25) is 0 Å². The lowest BCUT2D eigenvalue weighted by molar-refractivity contribution is -0.137. The molecule has 1 aromatic carbocycles. The zero-order valence-corrected chi connectivity index (χ0v) is 10.4. The van der Waals surface area contributed by atoms with Crippen LogP contribution in [0.3, 0.4) is 0 Å². The molecule has 0 bridgehead atoms. The summed E-state index contributed by atoms with van der Waals surface area (Å²) in [6.07, 6.45) is -3.27. The summed E-state index contributed by atoms with van der Waals surface area (Å²) in [4.78, 5) is 3.74. The third-order valence-electron chi connectivity index (χ3n) is 2.86. The molecule has 0 aliphatic heterocycles. The average Bonchev–Trinajstić information content (AvgIpc) is 2.40. The van der Waals surface area contributed by atoms with Crippen molar-refractivity contribution in [2.75, 3.05) is 0 Å². The molecule has 1 unspecified atom stereocenters. The van der Waals surface area contributed by atoms with Crippen molar-refractivity contribution >= 4 is 0 Å². The molecular weight excluding hydrogens is 272 g/mol. The van der Waals surface area contributed by atoms with Gasteiger partial charge in [-0.15, -0.1) is 0 Å². The summed E-state index contributed by atoms with van der Waals surface area (Å²) in [7, 11) is 0. The number of nitrogens with zero attached hydrogens (tertiary/aromatic N) is 1. The summed E-state index contributed by atoms with van der Waals surface area (Å²) >= 11 is 0. The highest BCUT2D eigenvalue weighted by molar-refractivity contribution is 5.22. The fourth-order valence-electron chi connectivity index (χ4n) is 1.77. The van der Waals surface area contributed by atoms with Gasteiger partial charge in [-0.05, 0) is 36.2 Å². The molecule has 6 heteroatoms. The van der Waals surface area contributed by atoms with Gasteiger partial charge in [0.25, 0.3) is 0 Å². The Kier molecular flexibility index (Phi) is 4.04. The summed E-state index contributed by atoms with van der Waals surface area (Å²) in [6, 6.07) is 7.45. The van der Waals surface area contributed by atoms with Crippen molar-refractivity contribution in [2.24, 2.45) is 5.73 Å². The number of alkyl halides is 3. The lowest BCUT2D eigenvalue weighted by Crippen LogP contribution is -2.16. The van der Waals surface area contributed by atoms with Crippen molar-refractivity contribution in [2.45, 2.75) is 18.6 Å². The number of hydrogen-bond donors (Lipinski definition) is 1. The van der Waals surface area contributed by atoms with Gasteiger partial charge in [-0.3, -0.25) is 4.98 Å². The largest absolute Gasteiger partial charge is 0.417 e. The van der Waals surface area contributed by atoms with Gasteiger partial charge in [-0.1, -0.05) is 12.1 Å². The van der Waals surface area contributed by atoms with Gasteiger partial charge in [0.1, 0.15) is 5.82 Å². The van der Waals surface area contributed by atoms with Crippen LogP contribution in [0.25, 0.3) is 0 Å². The van der Waals surface area contributed by atoms with Crippen LogP contribution in [0.1, 0.15) is 22.9 Å². The molecule has 0 radical (unpaired) electrons. The molecule has 1 heterocycles. The zero-order chi connectivity index (χ0) is 14.8. The number of pyridine rings is 1. The molecule has 2 nitrogen and oxygen atoms in total. The Morgan fingerprint density at radius 1 is 1.05 bits per heavy atom. The first-order chi connectivity index (χ1) is 9.36. The first-order valence-electron chi connectivity index (χ1n) is 5.89. The molecule has 0 spiro atoms. The lowest BCUT2D eigenvalue weighted by atomic mass is 10.0. The molecule has 20 heavy (non-hydrogen) atoms. The van der Waals surface area contributed by atoms with Gasteiger partial charge < -0.3 is 5.73 Å². The normalized spacial score (nSPS) is 13.2. The van der Waals surface area contributed by atoms with E-state index >= 15 is 0 Å². The first kappa shape index (κ1) is 14.5. The third kappa shape index (κ3) is 3.54. The van der Waals surface area contributed by atoms with Crippen LogP contribution in [0.4, 0.5) is 17.6 Å². The molecule has 0 aliphatic carbocycles. The van der Waals surface area contributed by atoms with E-state index in [4.69, 9.17) is 5.73 Å². The minimum Gasteiger partial charge on any atom is -0.322 e. The molecule has 0 saturated heterocycles. The Bertz CT molecular complexity index is 561. The Morgan fingerprint density at radius 2 is 1.70 bits per heavy atom. The lowest BCUT2D eigenvalue weighted by Gasteiger charge is -2.12. The molecule has 106 valence electrons. The highest BCUT2D eigenvalue weighted by Crippen LogP contribution is 2.29. The monoisotopic (exact) mass is 284 g/mol. The Labute approximate surface area is 113 Å². The second-order valence-electron chi connectivity index (χ2n) is 4.41. The van der Waals surface area contributed by atoms with Crippen LogP contribution < -0.4 is 5.73 Å². The van der Waals surface area contributed by atoms with Crippen molar-refractivity contribution < 1.29 is 17.6 Å². The minimum atomic E-state index is -4.41. The van der Waals surface area contributed by atoms with Crippen molar-refractivity contribution in [1.82, 2.24) is 4.98 Å². The second-order valence-corrected chi connectivity index (χ2v) is 4.41. The van der Waals surface area contributed by atoms with Gasteiger partial charge in [0.05, 0.1) is 17.3 Å². The number of hydrogen-bond acceptors (Lipinski definition) is 2. The molecule has 0 aliphatic rings. The highest BCUT2D eigenvalue weighted by Gasteiger charge is 2.30. The maximum Gasteiger partial charge on any atom is 0.417 e. The third-order valence-corrected chi connectivity index (χ3v) is 2.86. The fraction of sp³-hybridized carbons (Fsp3) is 0.214. The van der Waals surface area contributed by atoms with E-state index in [1.807, 2.05) is 0 Å². The minimum absolute atomic E-state index is 0.352. The summed E-state index contributed by atoms with van der Waals surface area (Å²) < 4.78 is 49.9. The quantitative estimate of drug-likeness (QED) is 0.876. The predicted molar refractivity (Wildman–Crippen MR) is 66.3 cm³/mol. The van der Waals surface area contributed by atoms with E-state index in [9.17, 15) is 17.6 Å². The first-order valence-corrected chi connectivity index (χ1v) is 5.89. The molecule has 2 aromatic rings. The predicted octanol–water partition coefficient (Wildman–Crippen LogP) is 3.48. The second kappa shape index (κ2) is 5.58. The van der Waals surface area contributed by atoms with Crippen LogP contribution in [0, 0.1) is 5.82 Å². The van der Waals surface area contributed by atoms with Crippen LogP contribution in [-0.2, 0) is 12.6 Å². The van der Waals surface area contributed by atoms with E-state index in [1.54, 1.807) is 12.1 Å². The molecule has 2 rings (SSSR count). The molecular formula is C14H12F4N2. The molecule has 0 amide bonds. The topological polar surface area (TPSA) is 38.9 Å². The van der Waals surface area contributed by atoms with Crippen LogP contribution in [0.15, 0.2) is 42.6 Å². The summed E-state index contributed by atoms with van der Waals surface area (Å²) in [6.45, 7) is 0. The van der Waals surface area contributed by atoms with Gasteiger partial charge in [0.15, 0.2) is 0 Å². The fourth-order valence-corrected chi connectivity index (χ4v) is 1.77. The van der Waals surface area contributed by atoms with Gasteiger partial charge in [-0.25, -0.2) is 4.39 Å². The number of halogens is 4. The standard InChI is InChI=1S/C14H12F4N2/c15-11-4-1-9(2-5-11)7-12(19)13-6-3-10(8-20-13)14(16,17)18/h1-6,8,12H,7,19H2. The van der Waals surface area contributed by atoms with Crippen LogP contribution in [0.5, 0.6) is 0 Å². The van der Waals surface area contributed by atoms with E-state index in [-0.39, 0.29) is 5.82 Å². The maximum atomic E-state index is 12.8. The van der Waals surface area contributed by atoms with Gasteiger partial charge in [-0.2, -0.15) is 13.2 Å². The van der Waals surface area contributed by atoms with Crippen molar-refractivity contribution in [1.29, 1.82) is 0 Å². The Balaban J connectivity index is 2.09. The van der Waals surface area contributed by atoms with E-state index in [2.05, 4.69) is 4.98 Å². The summed E-state index contributed by atoms with van der Waals surface area (Å²) in [5, 5.41) is 0. The van der Waals surface area contributed by atoms with Crippen molar-refractivity contribution in [3.05, 3.63) is 65.2 Å². The van der Waals surface area contributed by atoms with Gasteiger partial charge in [0, 0.05) is 6.20 Å².